The molecule has 0 unspecified atom stereocenters. The SMILES string of the molecule is Nc1ccc(NS(=O)(=O)c2ccc(F)cc2)cc1F. The number of nitrogen functional groups attached to an aromatic ring is 1. The molecule has 0 spiro atoms. The zero-order valence-corrected chi connectivity index (χ0v) is 10.4. The van der Waals surface area contributed by atoms with E-state index in [1.807, 2.05) is 0 Å². The zero-order chi connectivity index (χ0) is 14.0. The molecule has 0 aliphatic carbocycles. The van der Waals surface area contributed by atoms with Crippen LogP contribution in [0.3, 0.4) is 0 Å². The molecule has 3 N–H and O–H groups in total. The van der Waals surface area contributed by atoms with Crippen LogP contribution in [0.5, 0.6) is 0 Å². The van der Waals surface area contributed by atoms with E-state index in [-0.39, 0.29) is 16.3 Å². The van der Waals surface area contributed by atoms with Crippen LogP contribution in [-0.4, -0.2) is 8.42 Å². The normalized spacial score (nSPS) is 11.3. The summed E-state index contributed by atoms with van der Waals surface area (Å²) in [6.45, 7) is 0. The van der Waals surface area contributed by atoms with Gasteiger partial charge in [-0.25, -0.2) is 17.2 Å². The van der Waals surface area contributed by atoms with Crippen molar-refractivity contribution >= 4 is 21.4 Å². The van der Waals surface area contributed by atoms with Crippen LogP contribution in [0.25, 0.3) is 0 Å². The Morgan fingerprint density at radius 2 is 1.63 bits per heavy atom. The van der Waals surface area contributed by atoms with Gasteiger partial charge in [0.2, 0.25) is 0 Å². The van der Waals surface area contributed by atoms with Crippen molar-refractivity contribution in [2.75, 3.05) is 10.5 Å². The van der Waals surface area contributed by atoms with Crippen LogP contribution in [0, 0.1) is 11.6 Å². The third kappa shape index (κ3) is 3.00. The van der Waals surface area contributed by atoms with Crippen molar-refractivity contribution in [3.63, 3.8) is 0 Å². The van der Waals surface area contributed by atoms with Gasteiger partial charge in [0.15, 0.2) is 0 Å². The smallest absolute Gasteiger partial charge is 0.261 e. The Balaban J connectivity index is 2.30. The Morgan fingerprint density at radius 1 is 1.00 bits per heavy atom. The first-order valence-corrected chi connectivity index (χ1v) is 6.70. The molecule has 100 valence electrons. The zero-order valence-electron chi connectivity index (χ0n) is 9.60. The standard InChI is InChI=1S/C12H10F2N2O2S/c13-8-1-4-10(5-2-8)19(17,18)16-9-3-6-12(15)11(14)7-9/h1-7,16H,15H2. The molecule has 19 heavy (non-hydrogen) atoms. The van der Waals surface area contributed by atoms with Gasteiger partial charge in [-0.3, -0.25) is 4.72 Å². The van der Waals surface area contributed by atoms with Crippen molar-refractivity contribution in [2.24, 2.45) is 0 Å². The minimum Gasteiger partial charge on any atom is -0.396 e. The number of halogens is 2. The molecular formula is C12H10F2N2O2S. The van der Waals surface area contributed by atoms with Gasteiger partial charge in [-0.15, -0.1) is 0 Å². The van der Waals surface area contributed by atoms with Gasteiger partial charge in [0.05, 0.1) is 16.3 Å². The summed E-state index contributed by atoms with van der Waals surface area (Å²) in [5, 5.41) is 0. The summed E-state index contributed by atoms with van der Waals surface area (Å²) in [4.78, 5) is -0.119. The summed E-state index contributed by atoms with van der Waals surface area (Å²) >= 11 is 0. The van der Waals surface area contributed by atoms with E-state index >= 15 is 0 Å². The van der Waals surface area contributed by atoms with E-state index in [9.17, 15) is 17.2 Å². The van der Waals surface area contributed by atoms with Crippen molar-refractivity contribution in [1.82, 2.24) is 0 Å². The number of rotatable bonds is 3. The molecule has 0 heterocycles. The average Bonchev–Trinajstić information content (AvgIpc) is 2.34. The lowest BCUT2D eigenvalue weighted by Gasteiger charge is -2.08. The molecule has 0 atom stereocenters. The van der Waals surface area contributed by atoms with E-state index in [1.54, 1.807) is 0 Å². The Hall–Kier alpha value is -2.15. The molecule has 2 aromatic rings. The second-order valence-electron chi connectivity index (χ2n) is 3.80. The first-order valence-electron chi connectivity index (χ1n) is 5.22. The van der Waals surface area contributed by atoms with E-state index in [0.29, 0.717) is 0 Å². The summed E-state index contributed by atoms with van der Waals surface area (Å²) in [6.07, 6.45) is 0. The molecule has 0 aliphatic rings. The predicted molar refractivity (Wildman–Crippen MR) is 68.0 cm³/mol. The van der Waals surface area contributed by atoms with Crippen molar-refractivity contribution in [3.05, 3.63) is 54.1 Å². The maximum absolute atomic E-state index is 13.2. The van der Waals surface area contributed by atoms with Gasteiger partial charge in [-0.05, 0) is 36.4 Å². The minimum atomic E-state index is -3.88. The van der Waals surface area contributed by atoms with E-state index in [1.165, 1.54) is 12.1 Å². The fourth-order valence-corrected chi connectivity index (χ4v) is 2.47. The fraction of sp³-hybridized carbons (Fsp3) is 0. The number of nitrogens with two attached hydrogens (primary N) is 1. The van der Waals surface area contributed by atoms with Gasteiger partial charge in [-0.2, -0.15) is 0 Å². The predicted octanol–water partition coefficient (Wildman–Crippen LogP) is 2.35. The lowest BCUT2D eigenvalue weighted by atomic mass is 10.3. The van der Waals surface area contributed by atoms with E-state index < -0.39 is 21.7 Å². The van der Waals surface area contributed by atoms with Gasteiger partial charge < -0.3 is 5.73 Å². The molecule has 0 saturated carbocycles. The second-order valence-corrected chi connectivity index (χ2v) is 5.48. The fourth-order valence-electron chi connectivity index (χ4n) is 1.42. The molecule has 0 radical (unpaired) electrons. The van der Waals surface area contributed by atoms with Gasteiger partial charge >= 0.3 is 0 Å². The highest BCUT2D eigenvalue weighted by Crippen LogP contribution is 2.20. The number of hydrogen-bond acceptors (Lipinski definition) is 3. The lowest BCUT2D eigenvalue weighted by Crippen LogP contribution is -2.13. The number of anilines is 2. The van der Waals surface area contributed by atoms with Crippen LogP contribution < -0.4 is 10.5 Å². The number of sulfonamides is 1. The highest BCUT2D eigenvalue weighted by Gasteiger charge is 2.14. The van der Waals surface area contributed by atoms with E-state index in [0.717, 1.165) is 30.3 Å². The molecule has 0 aliphatic heterocycles. The maximum atomic E-state index is 13.2. The molecule has 0 bridgehead atoms. The maximum Gasteiger partial charge on any atom is 0.261 e. The number of hydrogen-bond donors (Lipinski definition) is 2. The molecule has 0 fully saturated rings. The monoisotopic (exact) mass is 284 g/mol. The summed E-state index contributed by atoms with van der Waals surface area (Å²) < 4.78 is 51.9. The second kappa shape index (κ2) is 4.85. The van der Waals surface area contributed by atoms with Gasteiger partial charge in [0.1, 0.15) is 11.6 Å². The third-order valence-corrected chi connectivity index (χ3v) is 3.77. The molecule has 4 nitrogen and oxygen atoms in total. The number of benzene rings is 2. The van der Waals surface area contributed by atoms with Crippen LogP contribution >= 0.6 is 0 Å². The summed E-state index contributed by atoms with van der Waals surface area (Å²) in [7, 11) is -3.88. The molecule has 0 aromatic heterocycles. The van der Waals surface area contributed by atoms with Crippen LogP contribution in [0.15, 0.2) is 47.4 Å². The summed E-state index contributed by atoms with van der Waals surface area (Å²) in [5.74, 6) is -1.27. The summed E-state index contributed by atoms with van der Waals surface area (Å²) in [6, 6.07) is 7.83. The van der Waals surface area contributed by atoms with Gasteiger partial charge in [-0.1, -0.05) is 0 Å². The Kier molecular flexibility index (Phi) is 3.39. The van der Waals surface area contributed by atoms with Crippen molar-refractivity contribution in [1.29, 1.82) is 0 Å². The Morgan fingerprint density at radius 3 is 2.21 bits per heavy atom. The number of nitrogens with one attached hydrogen (secondary N) is 1. The Labute approximate surface area is 108 Å². The van der Waals surface area contributed by atoms with Crippen molar-refractivity contribution in [3.8, 4) is 0 Å². The van der Waals surface area contributed by atoms with Crippen LogP contribution in [-0.2, 0) is 10.0 Å². The molecule has 0 amide bonds. The molecular weight excluding hydrogens is 274 g/mol. The first kappa shape index (κ1) is 13.3. The van der Waals surface area contributed by atoms with Gasteiger partial charge in [0.25, 0.3) is 10.0 Å². The Bertz CT molecular complexity index is 700. The summed E-state index contributed by atoms with van der Waals surface area (Å²) in [5.41, 5.74) is 5.25. The molecule has 7 heteroatoms. The molecule has 2 rings (SSSR count). The van der Waals surface area contributed by atoms with Crippen molar-refractivity contribution in [2.45, 2.75) is 4.90 Å². The average molecular weight is 284 g/mol. The lowest BCUT2D eigenvalue weighted by molar-refractivity contribution is 0.599. The molecule has 2 aromatic carbocycles. The highest BCUT2D eigenvalue weighted by atomic mass is 32.2. The van der Waals surface area contributed by atoms with E-state index in [2.05, 4.69) is 4.72 Å². The van der Waals surface area contributed by atoms with Crippen molar-refractivity contribution < 1.29 is 17.2 Å². The first-order chi connectivity index (χ1) is 8.88. The van der Waals surface area contributed by atoms with Crippen LogP contribution in [0.2, 0.25) is 0 Å². The van der Waals surface area contributed by atoms with Crippen LogP contribution in [0.4, 0.5) is 20.2 Å². The largest absolute Gasteiger partial charge is 0.396 e. The highest BCUT2D eigenvalue weighted by molar-refractivity contribution is 7.92. The molecule has 0 saturated heterocycles. The van der Waals surface area contributed by atoms with Crippen LogP contribution in [0.1, 0.15) is 0 Å². The third-order valence-electron chi connectivity index (χ3n) is 2.38. The van der Waals surface area contributed by atoms with E-state index in [4.69, 9.17) is 5.73 Å². The van der Waals surface area contributed by atoms with Gasteiger partial charge in [0, 0.05) is 6.07 Å². The quantitative estimate of drug-likeness (QED) is 0.850. The minimum absolute atomic E-state index is 0.0380. The topological polar surface area (TPSA) is 72.2 Å².